The second-order valence-corrected chi connectivity index (χ2v) is 15.2. The zero-order valence-corrected chi connectivity index (χ0v) is 30.6. The SMILES string of the molecule is c1cc(-c2ccc3oc4ccccc4c3c2)cc(N(c2cccc(-c3cccc4ccccc34)c2)c2cccc(-c3cccc4c3sc3ccccc34)c2)c1. The summed E-state index contributed by atoms with van der Waals surface area (Å²) in [5.74, 6) is 0. The maximum atomic E-state index is 6.18. The highest BCUT2D eigenvalue weighted by atomic mass is 32.1. The number of anilines is 3. The molecule has 11 rings (SSSR count). The highest BCUT2D eigenvalue weighted by Crippen LogP contribution is 2.44. The van der Waals surface area contributed by atoms with Gasteiger partial charge >= 0.3 is 0 Å². The van der Waals surface area contributed by atoms with Crippen LogP contribution < -0.4 is 4.90 Å². The fraction of sp³-hybridized carbons (Fsp3) is 0. The van der Waals surface area contributed by atoms with Crippen LogP contribution in [0.1, 0.15) is 0 Å². The van der Waals surface area contributed by atoms with Crippen LogP contribution >= 0.6 is 11.3 Å². The largest absolute Gasteiger partial charge is 0.456 e. The molecular formula is C52H33NOS. The lowest BCUT2D eigenvalue weighted by Crippen LogP contribution is -2.10. The Labute approximate surface area is 322 Å². The van der Waals surface area contributed by atoms with Crippen molar-refractivity contribution in [3.63, 3.8) is 0 Å². The van der Waals surface area contributed by atoms with Gasteiger partial charge in [0.15, 0.2) is 0 Å². The number of hydrogen-bond acceptors (Lipinski definition) is 3. The van der Waals surface area contributed by atoms with Crippen molar-refractivity contribution < 1.29 is 4.42 Å². The lowest BCUT2D eigenvalue weighted by molar-refractivity contribution is 0.669. The van der Waals surface area contributed by atoms with Gasteiger partial charge in [-0.25, -0.2) is 0 Å². The molecule has 2 heterocycles. The van der Waals surface area contributed by atoms with Crippen LogP contribution in [0.25, 0.3) is 86.3 Å². The summed E-state index contributed by atoms with van der Waals surface area (Å²) in [5.41, 5.74) is 12.2. The summed E-state index contributed by atoms with van der Waals surface area (Å²) in [5, 5.41) is 7.36. The Kier molecular flexibility index (Phi) is 7.39. The molecule has 0 amide bonds. The smallest absolute Gasteiger partial charge is 0.135 e. The van der Waals surface area contributed by atoms with Gasteiger partial charge in [-0.3, -0.25) is 0 Å². The number of hydrogen-bond donors (Lipinski definition) is 0. The van der Waals surface area contributed by atoms with E-state index in [1.165, 1.54) is 53.2 Å². The van der Waals surface area contributed by atoms with Crippen LogP contribution in [0.5, 0.6) is 0 Å². The maximum absolute atomic E-state index is 6.18. The quantitative estimate of drug-likeness (QED) is 0.170. The Morgan fingerprint density at radius 2 is 0.891 bits per heavy atom. The van der Waals surface area contributed by atoms with E-state index in [0.29, 0.717) is 0 Å². The fourth-order valence-corrected chi connectivity index (χ4v) is 9.49. The van der Waals surface area contributed by atoms with E-state index in [-0.39, 0.29) is 0 Å². The van der Waals surface area contributed by atoms with Crippen LogP contribution in [0.4, 0.5) is 17.1 Å². The van der Waals surface area contributed by atoms with Crippen molar-refractivity contribution in [1.29, 1.82) is 0 Å². The number of para-hydroxylation sites is 1. The summed E-state index contributed by atoms with van der Waals surface area (Å²) in [6.45, 7) is 0. The minimum absolute atomic E-state index is 0.901. The van der Waals surface area contributed by atoms with E-state index < -0.39 is 0 Å². The zero-order chi connectivity index (χ0) is 36.3. The van der Waals surface area contributed by atoms with Gasteiger partial charge in [0.1, 0.15) is 11.2 Å². The Morgan fingerprint density at radius 1 is 0.345 bits per heavy atom. The number of thiophene rings is 1. The molecule has 258 valence electrons. The zero-order valence-electron chi connectivity index (χ0n) is 29.8. The molecule has 2 nitrogen and oxygen atoms in total. The molecule has 11 aromatic rings. The standard InChI is InChI=1S/C52H33NOS/c1-2-20-42-34(12-1)13-10-23-43(42)37-15-8-18-40(31-37)53(39-17-7-14-35(30-39)36-28-29-50-48(33-36)45-21-3-5-26-49(45)54-50)41-19-9-16-38(32-41)44-24-11-25-47-46-22-4-6-27-51(46)55-52(44)47/h1-33H. The topological polar surface area (TPSA) is 16.4 Å². The van der Waals surface area contributed by atoms with E-state index >= 15 is 0 Å². The van der Waals surface area contributed by atoms with Crippen molar-refractivity contribution in [2.45, 2.75) is 0 Å². The van der Waals surface area contributed by atoms with Gasteiger partial charge in [0.05, 0.1) is 0 Å². The molecule has 0 saturated carbocycles. The average molecular weight is 720 g/mol. The van der Waals surface area contributed by atoms with Crippen molar-refractivity contribution in [3.8, 4) is 33.4 Å². The Balaban J connectivity index is 1.09. The minimum Gasteiger partial charge on any atom is -0.456 e. The lowest BCUT2D eigenvalue weighted by atomic mass is 9.97. The number of fused-ring (bicyclic) bond motifs is 7. The van der Waals surface area contributed by atoms with Gasteiger partial charge < -0.3 is 9.32 Å². The summed E-state index contributed by atoms with van der Waals surface area (Å²) in [7, 11) is 0. The number of furan rings is 1. The van der Waals surface area contributed by atoms with Crippen LogP contribution in [-0.2, 0) is 0 Å². The second-order valence-electron chi connectivity index (χ2n) is 14.1. The highest BCUT2D eigenvalue weighted by molar-refractivity contribution is 7.26. The lowest BCUT2D eigenvalue weighted by Gasteiger charge is -2.27. The predicted octanol–water partition coefficient (Wildman–Crippen LogP) is 15.6. The minimum atomic E-state index is 0.901. The van der Waals surface area contributed by atoms with Crippen molar-refractivity contribution in [3.05, 3.63) is 200 Å². The molecule has 0 aliphatic heterocycles. The summed E-state index contributed by atoms with van der Waals surface area (Å²) < 4.78 is 8.81. The first-order chi connectivity index (χ1) is 27.2. The first-order valence-corrected chi connectivity index (χ1v) is 19.5. The van der Waals surface area contributed by atoms with Crippen molar-refractivity contribution >= 4 is 81.3 Å². The van der Waals surface area contributed by atoms with Crippen LogP contribution in [0.3, 0.4) is 0 Å². The maximum Gasteiger partial charge on any atom is 0.135 e. The fourth-order valence-electron chi connectivity index (χ4n) is 8.25. The number of benzene rings is 9. The van der Waals surface area contributed by atoms with Gasteiger partial charge in [0, 0.05) is 48.0 Å². The molecule has 0 bridgehead atoms. The van der Waals surface area contributed by atoms with Crippen molar-refractivity contribution in [2.75, 3.05) is 4.90 Å². The third-order valence-electron chi connectivity index (χ3n) is 10.8. The van der Waals surface area contributed by atoms with E-state index in [0.717, 1.165) is 50.1 Å². The molecule has 0 aliphatic rings. The third-order valence-corrected chi connectivity index (χ3v) is 12.1. The first-order valence-electron chi connectivity index (χ1n) is 18.7. The van der Waals surface area contributed by atoms with E-state index in [1.54, 1.807) is 0 Å². The molecule has 0 atom stereocenters. The molecule has 0 saturated heterocycles. The van der Waals surface area contributed by atoms with Crippen molar-refractivity contribution in [2.24, 2.45) is 0 Å². The molecule has 55 heavy (non-hydrogen) atoms. The summed E-state index contributed by atoms with van der Waals surface area (Å²) in [6.07, 6.45) is 0. The monoisotopic (exact) mass is 719 g/mol. The van der Waals surface area contributed by atoms with Gasteiger partial charge in [-0.15, -0.1) is 11.3 Å². The molecule has 0 N–H and O–H groups in total. The Hall–Kier alpha value is -6.94. The van der Waals surface area contributed by atoms with Gasteiger partial charge in [-0.1, -0.05) is 140 Å². The van der Waals surface area contributed by atoms with E-state index in [9.17, 15) is 0 Å². The van der Waals surface area contributed by atoms with Crippen LogP contribution in [0.2, 0.25) is 0 Å². The average Bonchev–Trinajstić information content (AvgIpc) is 3.82. The first kappa shape index (κ1) is 31.6. The van der Waals surface area contributed by atoms with Crippen LogP contribution in [0.15, 0.2) is 205 Å². The molecule has 2 aromatic heterocycles. The van der Waals surface area contributed by atoms with Gasteiger partial charge in [0.2, 0.25) is 0 Å². The molecule has 0 spiro atoms. The van der Waals surface area contributed by atoms with E-state index in [1.807, 2.05) is 23.5 Å². The Morgan fingerprint density at radius 3 is 1.71 bits per heavy atom. The van der Waals surface area contributed by atoms with Crippen LogP contribution in [0, 0.1) is 0 Å². The molecule has 0 radical (unpaired) electrons. The van der Waals surface area contributed by atoms with Crippen LogP contribution in [-0.4, -0.2) is 0 Å². The number of rotatable bonds is 6. The van der Waals surface area contributed by atoms with E-state index in [2.05, 4.69) is 193 Å². The van der Waals surface area contributed by atoms with Gasteiger partial charge in [-0.05, 0) is 105 Å². The van der Waals surface area contributed by atoms with E-state index in [4.69, 9.17) is 4.42 Å². The van der Waals surface area contributed by atoms with Crippen molar-refractivity contribution in [1.82, 2.24) is 0 Å². The molecule has 0 aliphatic carbocycles. The summed E-state index contributed by atoms with van der Waals surface area (Å²) in [6, 6.07) is 72.3. The summed E-state index contributed by atoms with van der Waals surface area (Å²) >= 11 is 1.87. The molecular weight excluding hydrogens is 687 g/mol. The Bertz CT molecular complexity index is 3240. The third kappa shape index (κ3) is 5.40. The molecule has 9 aromatic carbocycles. The second kappa shape index (κ2) is 12.9. The normalized spacial score (nSPS) is 11.6. The summed E-state index contributed by atoms with van der Waals surface area (Å²) in [4.78, 5) is 2.40. The van der Waals surface area contributed by atoms with Gasteiger partial charge in [-0.2, -0.15) is 0 Å². The predicted molar refractivity (Wildman–Crippen MR) is 235 cm³/mol. The molecule has 0 unspecified atom stereocenters. The van der Waals surface area contributed by atoms with Gasteiger partial charge in [0.25, 0.3) is 0 Å². The molecule has 0 fully saturated rings. The number of nitrogens with zero attached hydrogens (tertiary/aromatic N) is 1. The molecule has 3 heteroatoms. The highest BCUT2D eigenvalue weighted by Gasteiger charge is 2.18.